The van der Waals surface area contributed by atoms with Crippen molar-refractivity contribution in [2.75, 3.05) is 5.32 Å². The monoisotopic (exact) mass is 307 g/mol. The van der Waals surface area contributed by atoms with Crippen LogP contribution in [0.3, 0.4) is 0 Å². The maximum atomic E-state index is 4.61. The number of hydrogen-bond donors (Lipinski definition) is 1. The smallest absolute Gasteiger partial charge is 0.227 e. The molecule has 0 atom stereocenters. The average Bonchev–Trinajstić information content (AvgIpc) is 2.95. The first-order valence-electron chi connectivity index (χ1n) is 7.94. The van der Waals surface area contributed by atoms with Crippen molar-refractivity contribution >= 4 is 11.6 Å². The molecule has 23 heavy (non-hydrogen) atoms. The van der Waals surface area contributed by atoms with Gasteiger partial charge in [-0.3, -0.25) is 0 Å². The van der Waals surface area contributed by atoms with Crippen molar-refractivity contribution in [1.29, 1.82) is 0 Å². The maximum Gasteiger partial charge on any atom is 0.227 e. The fourth-order valence-electron chi connectivity index (χ4n) is 2.47. The number of aromatic nitrogens is 4. The van der Waals surface area contributed by atoms with E-state index in [2.05, 4.69) is 31.8 Å². The van der Waals surface area contributed by atoms with E-state index >= 15 is 0 Å². The number of nitrogens with one attached hydrogen (secondary N) is 1. The van der Waals surface area contributed by atoms with Crippen molar-refractivity contribution in [3.63, 3.8) is 0 Å². The van der Waals surface area contributed by atoms with Crippen LogP contribution in [-0.4, -0.2) is 19.5 Å². The highest BCUT2D eigenvalue weighted by molar-refractivity contribution is 5.59. The predicted molar refractivity (Wildman–Crippen MR) is 92.6 cm³/mol. The molecule has 0 saturated heterocycles. The van der Waals surface area contributed by atoms with Crippen molar-refractivity contribution in [2.24, 2.45) is 7.05 Å². The lowest BCUT2D eigenvalue weighted by atomic mass is 10.2. The van der Waals surface area contributed by atoms with E-state index in [1.807, 2.05) is 49.6 Å². The zero-order chi connectivity index (χ0) is 16.1. The Morgan fingerprint density at radius 3 is 2.70 bits per heavy atom. The molecule has 5 heteroatoms. The van der Waals surface area contributed by atoms with Gasteiger partial charge in [-0.15, -0.1) is 0 Å². The van der Waals surface area contributed by atoms with Gasteiger partial charge in [0.2, 0.25) is 5.95 Å². The SMILES string of the molecule is CCCCc1ncc(-c2ccnc(Nc3ccccc3)n2)n1C. The predicted octanol–water partition coefficient (Wildman–Crippen LogP) is 3.96. The largest absolute Gasteiger partial charge is 0.330 e. The first-order valence-corrected chi connectivity index (χ1v) is 7.94. The number of benzene rings is 1. The van der Waals surface area contributed by atoms with Gasteiger partial charge in [0.05, 0.1) is 17.6 Å². The van der Waals surface area contributed by atoms with Crippen molar-refractivity contribution < 1.29 is 0 Å². The third kappa shape index (κ3) is 3.56. The number of unbranched alkanes of at least 4 members (excludes halogenated alkanes) is 1. The highest BCUT2D eigenvalue weighted by atomic mass is 15.1. The molecule has 0 unspecified atom stereocenters. The van der Waals surface area contributed by atoms with E-state index in [0.29, 0.717) is 5.95 Å². The Morgan fingerprint density at radius 2 is 1.91 bits per heavy atom. The van der Waals surface area contributed by atoms with Crippen molar-refractivity contribution in [1.82, 2.24) is 19.5 Å². The summed E-state index contributed by atoms with van der Waals surface area (Å²) in [6.07, 6.45) is 6.97. The summed E-state index contributed by atoms with van der Waals surface area (Å²) >= 11 is 0. The van der Waals surface area contributed by atoms with E-state index in [1.165, 1.54) is 6.42 Å². The van der Waals surface area contributed by atoms with E-state index in [-0.39, 0.29) is 0 Å². The van der Waals surface area contributed by atoms with E-state index in [1.54, 1.807) is 6.20 Å². The summed E-state index contributed by atoms with van der Waals surface area (Å²) in [5.74, 6) is 1.68. The molecule has 2 heterocycles. The van der Waals surface area contributed by atoms with Crippen molar-refractivity contribution in [3.8, 4) is 11.4 Å². The van der Waals surface area contributed by atoms with E-state index in [4.69, 9.17) is 0 Å². The van der Waals surface area contributed by atoms with Crippen LogP contribution in [-0.2, 0) is 13.5 Å². The number of para-hydroxylation sites is 1. The van der Waals surface area contributed by atoms with E-state index in [0.717, 1.165) is 35.7 Å². The lowest BCUT2D eigenvalue weighted by molar-refractivity contribution is 0.713. The average molecular weight is 307 g/mol. The summed E-state index contributed by atoms with van der Waals surface area (Å²) in [5.41, 5.74) is 2.85. The Balaban J connectivity index is 1.84. The molecule has 0 fully saturated rings. The molecule has 2 aromatic heterocycles. The van der Waals surface area contributed by atoms with Crippen LogP contribution in [0, 0.1) is 0 Å². The second-order valence-corrected chi connectivity index (χ2v) is 5.48. The Kier molecular flexibility index (Phi) is 4.66. The Hall–Kier alpha value is -2.69. The van der Waals surface area contributed by atoms with Crippen molar-refractivity contribution in [2.45, 2.75) is 26.2 Å². The van der Waals surface area contributed by atoms with Crippen LogP contribution in [0.1, 0.15) is 25.6 Å². The summed E-state index contributed by atoms with van der Waals surface area (Å²) in [4.78, 5) is 13.4. The molecule has 0 amide bonds. The second-order valence-electron chi connectivity index (χ2n) is 5.48. The Morgan fingerprint density at radius 1 is 1.09 bits per heavy atom. The normalized spacial score (nSPS) is 10.7. The summed E-state index contributed by atoms with van der Waals surface area (Å²) in [5, 5.41) is 3.22. The van der Waals surface area contributed by atoms with Crippen LogP contribution < -0.4 is 5.32 Å². The van der Waals surface area contributed by atoms with Crippen molar-refractivity contribution in [3.05, 3.63) is 54.6 Å². The fourth-order valence-corrected chi connectivity index (χ4v) is 2.47. The molecule has 0 aliphatic carbocycles. The van der Waals surface area contributed by atoms with Gasteiger partial charge in [0.15, 0.2) is 0 Å². The molecule has 118 valence electrons. The van der Waals surface area contributed by atoms with Gasteiger partial charge < -0.3 is 9.88 Å². The third-order valence-corrected chi connectivity index (χ3v) is 3.79. The summed E-state index contributed by atoms with van der Waals surface area (Å²) in [6, 6.07) is 11.8. The molecule has 0 saturated carbocycles. The first kappa shape index (κ1) is 15.2. The van der Waals surface area contributed by atoms with E-state index < -0.39 is 0 Å². The maximum absolute atomic E-state index is 4.61. The molecule has 1 N–H and O–H groups in total. The van der Waals surface area contributed by atoms with Crippen LogP contribution >= 0.6 is 0 Å². The van der Waals surface area contributed by atoms with Gasteiger partial charge in [0.1, 0.15) is 5.82 Å². The number of aryl methyl sites for hydroxylation is 1. The summed E-state index contributed by atoms with van der Waals surface area (Å²) in [6.45, 7) is 2.19. The summed E-state index contributed by atoms with van der Waals surface area (Å²) in [7, 11) is 2.04. The molecule has 0 radical (unpaired) electrons. The van der Waals surface area contributed by atoms with Gasteiger partial charge >= 0.3 is 0 Å². The van der Waals surface area contributed by atoms with Gasteiger partial charge in [-0.05, 0) is 24.6 Å². The van der Waals surface area contributed by atoms with Crippen LogP contribution in [0.2, 0.25) is 0 Å². The summed E-state index contributed by atoms with van der Waals surface area (Å²) < 4.78 is 2.12. The van der Waals surface area contributed by atoms with Crippen LogP contribution in [0.25, 0.3) is 11.4 Å². The number of rotatable bonds is 6. The minimum Gasteiger partial charge on any atom is -0.330 e. The lowest BCUT2D eigenvalue weighted by Gasteiger charge is -2.08. The molecule has 0 aliphatic rings. The molecule has 0 spiro atoms. The molecule has 5 nitrogen and oxygen atoms in total. The molecule has 1 aromatic carbocycles. The van der Waals surface area contributed by atoms with Crippen LogP contribution in [0.5, 0.6) is 0 Å². The van der Waals surface area contributed by atoms with Crippen LogP contribution in [0.15, 0.2) is 48.8 Å². The minimum atomic E-state index is 0.588. The third-order valence-electron chi connectivity index (χ3n) is 3.79. The number of nitrogens with zero attached hydrogens (tertiary/aromatic N) is 4. The molecular weight excluding hydrogens is 286 g/mol. The molecule has 3 rings (SSSR count). The topological polar surface area (TPSA) is 55.6 Å². The molecular formula is C18H21N5. The standard InChI is InChI=1S/C18H21N5/c1-3-4-10-17-20-13-16(23(17)2)15-11-12-19-18(22-15)21-14-8-6-5-7-9-14/h5-9,11-13H,3-4,10H2,1-2H3,(H,19,21,22). The Bertz CT molecular complexity index is 764. The highest BCUT2D eigenvalue weighted by Crippen LogP contribution is 2.20. The number of hydrogen-bond acceptors (Lipinski definition) is 4. The minimum absolute atomic E-state index is 0.588. The van der Waals surface area contributed by atoms with Gasteiger partial charge in [-0.1, -0.05) is 31.5 Å². The van der Waals surface area contributed by atoms with Crippen LogP contribution in [0.4, 0.5) is 11.6 Å². The second kappa shape index (κ2) is 7.05. The number of imidazole rings is 1. The van der Waals surface area contributed by atoms with Gasteiger partial charge in [0, 0.05) is 25.4 Å². The molecule has 0 bridgehead atoms. The quantitative estimate of drug-likeness (QED) is 0.749. The zero-order valence-electron chi connectivity index (χ0n) is 13.5. The molecule has 0 aliphatic heterocycles. The van der Waals surface area contributed by atoms with Gasteiger partial charge in [-0.25, -0.2) is 15.0 Å². The molecule has 3 aromatic rings. The fraction of sp³-hybridized carbons (Fsp3) is 0.278. The zero-order valence-corrected chi connectivity index (χ0v) is 13.5. The van der Waals surface area contributed by atoms with Gasteiger partial charge in [-0.2, -0.15) is 0 Å². The van der Waals surface area contributed by atoms with E-state index in [9.17, 15) is 0 Å². The Labute approximate surface area is 136 Å². The number of anilines is 2. The lowest BCUT2D eigenvalue weighted by Crippen LogP contribution is -2.02. The highest BCUT2D eigenvalue weighted by Gasteiger charge is 2.10. The first-order chi connectivity index (χ1) is 11.3. The van der Waals surface area contributed by atoms with Gasteiger partial charge in [0.25, 0.3) is 0 Å².